The second-order valence-corrected chi connectivity index (χ2v) is 7.69. The van der Waals surface area contributed by atoms with E-state index in [0.29, 0.717) is 50.5 Å². The van der Waals surface area contributed by atoms with Gasteiger partial charge in [0.15, 0.2) is 0 Å². The Labute approximate surface area is 190 Å². The molecule has 0 saturated carbocycles. The monoisotopic (exact) mass is 439 g/mol. The molecule has 1 N–H and O–H groups in total. The summed E-state index contributed by atoms with van der Waals surface area (Å²) in [6.45, 7) is 0. The number of ether oxygens (including phenoxy) is 1. The van der Waals surface area contributed by atoms with Gasteiger partial charge < -0.3 is 9.84 Å². The molecule has 0 saturated heterocycles. The molecule has 0 fully saturated rings. The van der Waals surface area contributed by atoms with Crippen molar-refractivity contribution in [1.82, 2.24) is 4.98 Å². The van der Waals surface area contributed by atoms with Gasteiger partial charge in [-0.3, -0.25) is 0 Å². The Morgan fingerprint density at radius 2 is 1.53 bits per heavy atom. The third kappa shape index (κ3) is 4.13. The summed E-state index contributed by atoms with van der Waals surface area (Å²) in [5, 5.41) is 30.1. The van der Waals surface area contributed by atoms with Crippen LogP contribution in [0.2, 0.25) is 5.02 Å². The van der Waals surface area contributed by atoms with Crippen molar-refractivity contribution in [3.8, 4) is 18.0 Å². The van der Waals surface area contributed by atoms with Gasteiger partial charge in [0, 0.05) is 17.4 Å². The van der Waals surface area contributed by atoms with Crippen LogP contribution in [0.15, 0.2) is 66.7 Å². The molecule has 32 heavy (non-hydrogen) atoms. The summed E-state index contributed by atoms with van der Waals surface area (Å²) in [4.78, 5) is 4.60. The van der Waals surface area contributed by atoms with E-state index in [4.69, 9.17) is 26.9 Å². The van der Waals surface area contributed by atoms with E-state index in [1.807, 2.05) is 18.2 Å². The normalized spacial score (nSPS) is 11.5. The van der Waals surface area contributed by atoms with Crippen LogP contribution in [0, 0.1) is 22.7 Å². The molecule has 156 valence electrons. The fraction of sp³-hybridized carbons (Fsp3) is 0.115. The van der Waals surface area contributed by atoms with Crippen molar-refractivity contribution >= 4 is 22.5 Å². The number of halogens is 1. The molecule has 1 aromatic heterocycles. The Morgan fingerprint density at radius 1 is 0.938 bits per heavy atom. The number of nitriles is 2. The number of aromatic nitrogens is 1. The maximum absolute atomic E-state index is 10.9. The van der Waals surface area contributed by atoms with Gasteiger partial charge in [-0.05, 0) is 53.1 Å². The van der Waals surface area contributed by atoms with Gasteiger partial charge >= 0.3 is 0 Å². The molecule has 6 heteroatoms. The average molecular weight is 440 g/mol. The van der Waals surface area contributed by atoms with Crippen LogP contribution in [-0.2, 0) is 6.42 Å². The van der Waals surface area contributed by atoms with Gasteiger partial charge in [-0.25, -0.2) is 4.98 Å². The van der Waals surface area contributed by atoms with Gasteiger partial charge in [0.1, 0.15) is 6.10 Å². The molecule has 4 rings (SSSR count). The molecule has 0 aliphatic rings. The number of aliphatic hydroxyl groups is 1. The summed E-state index contributed by atoms with van der Waals surface area (Å²) in [6, 6.07) is 23.7. The van der Waals surface area contributed by atoms with Crippen molar-refractivity contribution in [1.29, 1.82) is 10.5 Å². The lowest BCUT2D eigenvalue weighted by Gasteiger charge is -2.16. The van der Waals surface area contributed by atoms with Crippen LogP contribution in [0.25, 0.3) is 10.9 Å². The third-order valence-corrected chi connectivity index (χ3v) is 5.76. The SMILES string of the molecule is COc1nc2ccc(C(O)c3ccc(C#N)cc3)cc2c(Cl)c1Cc1ccc(C#N)cc1. The summed E-state index contributed by atoms with van der Waals surface area (Å²) in [5.74, 6) is 0.437. The number of aliphatic hydroxyl groups excluding tert-OH is 1. The zero-order valence-electron chi connectivity index (χ0n) is 17.2. The summed E-state index contributed by atoms with van der Waals surface area (Å²) in [6.07, 6.45) is -0.383. The van der Waals surface area contributed by atoms with Crippen molar-refractivity contribution in [2.75, 3.05) is 7.11 Å². The molecule has 0 bridgehead atoms. The zero-order chi connectivity index (χ0) is 22.7. The Balaban J connectivity index is 1.75. The van der Waals surface area contributed by atoms with E-state index < -0.39 is 6.10 Å². The molecule has 3 aromatic carbocycles. The highest BCUT2D eigenvalue weighted by molar-refractivity contribution is 6.36. The topological polar surface area (TPSA) is 89.9 Å². The molecule has 1 unspecified atom stereocenters. The molecule has 0 radical (unpaired) electrons. The lowest BCUT2D eigenvalue weighted by Crippen LogP contribution is -2.02. The second-order valence-electron chi connectivity index (χ2n) is 7.31. The van der Waals surface area contributed by atoms with Gasteiger partial charge in [0.2, 0.25) is 5.88 Å². The molecule has 0 aliphatic carbocycles. The van der Waals surface area contributed by atoms with Crippen molar-refractivity contribution < 1.29 is 9.84 Å². The summed E-state index contributed by atoms with van der Waals surface area (Å²) < 4.78 is 5.50. The summed E-state index contributed by atoms with van der Waals surface area (Å²) in [7, 11) is 1.55. The Hall–Kier alpha value is -3.90. The van der Waals surface area contributed by atoms with Crippen molar-refractivity contribution in [2.24, 2.45) is 0 Å². The van der Waals surface area contributed by atoms with Gasteiger partial charge in [0.05, 0.1) is 40.9 Å². The number of rotatable bonds is 5. The molecular weight excluding hydrogens is 422 g/mol. The van der Waals surface area contributed by atoms with E-state index in [-0.39, 0.29) is 0 Å². The van der Waals surface area contributed by atoms with E-state index in [1.165, 1.54) is 0 Å². The Kier molecular flexibility index (Phi) is 6.05. The van der Waals surface area contributed by atoms with E-state index in [1.54, 1.807) is 55.6 Å². The molecule has 4 aromatic rings. The highest BCUT2D eigenvalue weighted by Crippen LogP contribution is 2.36. The number of hydrogen-bond acceptors (Lipinski definition) is 5. The van der Waals surface area contributed by atoms with Gasteiger partial charge in [-0.2, -0.15) is 10.5 Å². The van der Waals surface area contributed by atoms with E-state index >= 15 is 0 Å². The third-order valence-electron chi connectivity index (χ3n) is 5.33. The summed E-state index contributed by atoms with van der Waals surface area (Å²) in [5.41, 5.74) is 4.83. The van der Waals surface area contributed by atoms with Crippen LogP contribution in [-0.4, -0.2) is 17.2 Å². The molecule has 1 atom stereocenters. The molecule has 0 aliphatic heterocycles. The van der Waals surface area contributed by atoms with E-state index in [9.17, 15) is 5.11 Å². The predicted molar refractivity (Wildman–Crippen MR) is 122 cm³/mol. The quantitative estimate of drug-likeness (QED) is 0.455. The number of methoxy groups -OCH3 is 1. The first-order valence-electron chi connectivity index (χ1n) is 9.87. The first kappa shape index (κ1) is 21.3. The first-order valence-corrected chi connectivity index (χ1v) is 10.2. The fourth-order valence-corrected chi connectivity index (χ4v) is 3.89. The standard InChI is InChI=1S/C26H18ClN3O2/c1-32-26-22(12-16-2-4-17(14-28)5-3-16)24(27)21-13-20(10-11-23(21)30-26)25(31)19-8-6-18(15-29)7-9-19/h2-11,13,25,31H,12H2,1H3. The molecule has 0 amide bonds. The molecule has 1 heterocycles. The van der Waals surface area contributed by atoms with Gasteiger partial charge in [-0.15, -0.1) is 0 Å². The molecule has 0 spiro atoms. The minimum Gasteiger partial charge on any atom is -0.481 e. The maximum atomic E-state index is 10.9. The second kappa shape index (κ2) is 9.08. The van der Waals surface area contributed by atoms with Crippen molar-refractivity contribution in [3.05, 3.63) is 105 Å². The lowest BCUT2D eigenvalue weighted by atomic mass is 9.97. The predicted octanol–water partition coefficient (Wildman–Crippen LogP) is 5.31. The number of hydrogen-bond donors (Lipinski definition) is 1. The van der Waals surface area contributed by atoms with Crippen LogP contribution in [0.5, 0.6) is 5.88 Å². The van der Waals surface area contributed by atoms with Crippen LogP contribution < -0.4 is 4.74 Å². The minimum absolute atomic E-state index is 0.437. The highest BCUT2D eigenvalue weighted by Gasteiger charge is 2.18. The van der Waals surface area contributed by atoms with Gasteiger partial charge in [-0.1, -0.05) is 41.9 Å². The Bertz CT molecular complexity index is 1370. The van der Waals surface area contributed by atoms with E-state index in [0.717, 1.165) is 11.1 Å². The number of benzene rings is 3. The Morgan fingerprint density at radius 3 is 2.12 bits per heavy atom. The number of fused-ring (bicyclic) bond motifs is 1. The zero-order valence-corrected chi connectivity index (χ0v) is 18.0. The average Bonchev–Trinajstić information content (AvgIpc) is 2.85. The maximum Gasteiger partial charge on any atom is 0.218 e. The van der Waals surface area contributed by atoms with Crippen LogP contribution >= 0.6 is 11.6 Å². The number of pyridine rings is 1. The largest absolute Gasteiger partial charge is 0.481 e. The summed E-state index contributed by atoms with van der Waals surface area (Å²) >= 11 is 6.81. The van der Waals surface area contributed by atoms with E-state index in [2.05, 4.69) is 17.1 Å². The van der Waals surface area contributed by atoms with Crippen molar-refractivity contribution in [2.45, 2.75) is 12.5 Å². The minimum atomic E-state index is -0.868. The lowest BCUT2D eigenvalue weighted by molar-refractivity contribution is 0.220. The van der Waals surface area contributed by atoms with Crippen LogP contribution in [0.3, 0.4) is 0 Å². The molecule has 5 nitrogen and oxygen atoms in total. The smallest absolute Gasteiger partial charge is 0.218 e. The van der Waals surface area contributed by atoms with Crippen LogP contribution in [0.1, 0.15) is 39.5 Å². The molecular formula is C26H18ClN3O2. The van der Waals surface area contributed by atoms with Crippen LogP contribution in [0.4, 0.5) is 0 Å². The highest BCUT2D eigenvalue weighted by atomic mass is 35.5. The van der Waals surface area contributed by atoms with Crippen molar-refractivity contribution in [3.63, 3.8) is 0 Å². The fourth-order valence-electron chi connectivity index (χ4n) is 3.59. The van der Waals surface area contributed by atoms with Gasteiger partial charge in [0.25, 0.3) is 0 Å². The number of nitrogens with zero attached hydrogens (tertiary/aromatic N) is 3. The first-order chi connectivity index (χ1) is 15.5.